The molecule has 3 amide bonds. The lowest BCUT2D eigenvalue weighted by molar-refractivity contribution is 0.0924. The first-order valence-electron chi connectivity index (χ1n) is 10.8. The van der Waals surface area contributed by atoms with E-state index in [0.29, 0.717) is 40.4 Å². The van der Waals surface area contributed by atoms with Crippen LogP contribution < -0.4 is 15.0 Å². The number of benzene rings is 4. The van der Waals surface area contributed by atoms with E-state index in [9.17, 15) is 14.4 Å². The minimum atomic E-state index is -0.355. The Morgan fingerprint density at radius 2 is 1.29 bits per heavy atom. The molecule has 6 nitrogen and oxygen atoms in total. The second-order valence-corrected chi connectivity index (χ2v) is 7.79. The van der Waals surface area contributed by atoms with Gasteiger partial charge in [0.25, 0.3) is 17.7 Å². The maximum absolute atomic E-state index is 12.6. The lowest BCUT2D eigenvalue weighted by atomic mass is 10.1. The molecule has 4 aromatic rings. The van der Waals surface area contributed by atoms with E-state index in [2.05, 4.69) is 5.32 Å². The number of imide groups is 1. The fraction of sp³-hybridized carbons (Fsp3) is 0.0357. The number of amides is 3. The van der Waals surface area contributed by atoms with E-state index in [4.69, 9.17) is 4.74 Å². The highest BCUT2D eigenvalue weighted by atomic mass is 16.5. The molecule has 0 saturated heterocycles. The average molecular weight is 448 g/mol. The van der Waals surface area contributed by atoms with E-state index < -0.39 is 0 Å². The van der Waals surface area contributed by atoms with Gasteiger partial charge in [-0.1, -0.05) is 42.5 Å². The summed E-state index contributed by atoms with van der Waals surface area (Å²) in [5.41, 5.74) is 3.33. The van der Waals surface area contributed by atoms with Crippen LogP contribution in [0.4, 0.5) is 11.4 Å². The molecule has 0 aromatic heterocycles. The minimum absolute atomic E-state index is 0.275. The van der Waals surface area contributed by atoms with Gasteiger partial charge in [-0.05, 0) is 66.2 Å². The second kappa shape index (κ2) is 9.03. The van der Waals surface area contributed by atoms with Crippen molar-refractivity contribution in [3.8, 4) is 5.75 Å². The summed E-state index contributed by atoms with van der Waals surface area (Å²) in [6.07, 6.45) is 0. The monoisotopic (exact) mass is 448 g/mol. The molecule has 5 rings (SSSR count). The smallest absolute Gasteiger partial charge is 0.266 e. The SMILES string of the molecule is O=C(Nc1ccc(N2C(=O)c3ccccc3C2=O)cc1)c1ccc(OCc2ccccc2)cc1. The minimum Gasteiger partial charge on any atom is -0.489 e. The maximum Gasteiger partial charge on any atom is 0.266 e. The first kappa shape index (κ1) is 21.2. The third-order valence-corrected chi connectivity index (χ3v) is 5.54. The molecule has 34 heavy (non-hydrogen) atoms. The highest BCUT2D eigenvalue weighted by Gasteiger charge is 2.36. The van der Waals surface area contributed by atoms with Crippen LogP contribution >= 0.6 is 0 Å². The fourth-order valence-corrected chi connectivity index (χ4v) is 3.76. The zero-order valence-electron chi connectivity index (χ0n) is 18.1. The van der Waals surface area contributed by atoms with Crippen molar-refractivity contribution in [2.24, 2.45) is 0 Å². The lowest BCUT2D eigenvalue weighted by Gasteiger charge is -2.14. The zero-order valence-corrected chi connectivity index (χ0v) is 18.1. The molecule has 1 N–H and O–H groups in total. The molecule has 0 radical (unpaired) electrons. The normalized spacial score (nSPS) is 12.4. The Bertz CT molecular complexity index is 1330. The predicted octanol–water partition coefficient (Wildman–Crippen LogP) is 5.32. The Kier molecular flexibility index (Phi) is 5.62. The van der Waals surface area contributed by atoms with Gasteiger partial charge in [0, 0.05) is 11.3 Å². The summed E-state index contributed by atoms with van der Waals surface area (Å²) < 4.78 is 5.76. The van der Waals surface area contributed by atoms with Crippen molar-refractivity contribution in [1.29, 1.82) is 0 Å². The molecular formula is C28H20N2O4. The Morgan fingerprint density at radius 3 is 1.91 bits per heavy atom. The summed E-state index contributed by atoms with van der Waals surface area (Å²) in [6.45, 7) is 0.450. The number of nitrogens with zero attached hydrogens (tertiary/aromatic N) is 1. The van der Waals surface area contributed by atoms with Crippen LogP contribution in [0.15, 0.2) is 103 Å². The van der Waals surface area contributed by atoms with Crippen LogP contribution in [0.25, 0.3) is 0 Å². The highest BCUT2D eigenvalue weighted by molar-refractivity contribution is 6.34. The highest BCUT2D eigenvalue weighted by Crippen LogP contribution is 2.29. The van der Waals surface area contributed by atoms with Gasteiger partial charge in [-0.15, -0.1) is 0 Å². The van der Waals surface area contributed by atoms with Gasteiger partial charge < -0.3 is 10.1 Å². The van der Waals surface area contributed by atoms with E-state index in [-0.39, 0.29) is 17.7 Å². The number of anilines is 2. The molecule has 1 heterocycles. The van der Waals surface area contributed by atoms with Crippen LogP contribution in [0.2, 0.25) is 0 Å². The van der Waals surface area contributed by atoms with Crippen molar-refractivity contribution in [3.05, 3.63) is 125 Å². The van der Waals surface area contributed by atoms with Crippen molar-refractivity contribution >= 4 is 29.1 Å². The zero-order chi connectivity index (χ0) is 23.5. The number of hydrogen-bond acceptors (Lipinski definition) is 4. The van der Waals surface area contributed by atoms with E-state index in [1.807, 2.05) is 30.3 Å². The number of rotatable bonds is 6. The molecular weight excluding hydrogens is 428 g/mol. The number of carbonyl (C=O) groups is 3. The Balaban J connectivity index is 1.22. The van der Waals surface area contributed by atoms with Gasteiger partial charge >= 0.3 is 0 Å². The Hall–Kier alpha value is -4.71. The van der Waals surface area contributed by atoms with Gasteiger partial charge in [-0.3, -0.25) is 14.4 Å². The van der Waals surface area contributed by atoms with Crippen molar-refractivity contribution in [3.63, 3.8) is 0 Å². The van der Waals surface area contributed by atoms with Crippen LogP contribution in [-0.4, -0.2) is 17.7 Å². The first-order chi connectivity index (χ1) is 16.6. The number of fused-ring (bicyclic) bond motifs is 1. The largest absolute Gasteiger partial charge is 0.489 e. The molecule has 0 atom stereocenters. The first-order valence-corrected chi connectivity index (χ1v) is 10.8. The molecule has 1 aliphatic rings. The molecule has 6 heteroatoms. The van der Waals surface area contributed by atoms with Gasteiger partial charge in [0.05, 0.1) is 16.8 Å². The summed E-state index contributed by atoms with van der Waals surface area (Å²) in [5.74, 6) is -0.312. The number of ether oxygens (including phenoxy) is 1. The predicted molar refractivity (Wildman–Crippen MR) is 129 cm³/mol. The van der Waals surface area contributed by atoms with Crippen molar-refractivity contribution in [1.82, 2.24) is 0 Å². The van der Waals surface area contributed by atoms with Gasteiger partial charge in [0.15, 0.2) is 0 Å². The van der Waals surface area contributed by atoms with Crippen molar-refractivity contribution in [2.45, 2.75) is 6.61 Å². The summed E-state index contributed by atoms with van der Waals surface area (Å²) in [7, 11) is 0. The molecule has 0 unspecified atom stereocenters. The van der Waals surface area contributed by atoms with Gasteiger partial charge in [0.2, 0.25) is 0 Å². The van der Waals surface area contributed by atoms with E-state index >= 15 is 0 Å². The van der Waals surface area contributed by atoms with E-state index in [1.54, 1.807) is 72.8 Å². The average Bonchev–Trinajstić information content (AvgIpc) is 3.14. The van der Waals surface area contributed by atoms with Crippen LogP contribution in [-0.2, 0) is 6.61 Å². The summed E-state index contributed by atoms with van der Waals surface area (Å²) >= 11 is 0. The molecule has 0 bridgehead atoms. The second-order valence-electron chi connectivity index (χ2n) is 7.79. The summed E-state index contributed by atoms with van der Waals surface area (Å²) in [4.78, 5) is 39.0. The van der Waals surface area contributed by atoms with Gasteiger partial charge in [0.1, 0.15) is 12.4 Å². The van der Waals surface area contributed by atoms with Gasteiger partial charge in [-0.25, -0.2) is 4.90 Å². The van der Waals surface area contributed by atoms with Crippen LogP contribution in [0.5, 0.6) is 5.75 Å². The van der Waals surface area contributed by atoms with Crippen LogP contribution in [0, 0.1) is 0 Å². The molecule has 1 aliphatic heterocycles. The molecule has 0 fully saturated rings. The Labute approximate surface area is 196 Å². The molecule has 166 valence electrons. The third kappa shape index (κ3) is 4.17. The van der Waals surface area contributed by atoms with Crippen LogP contribution in [0.1, 0.15) is 36.6 Å². The van der Waals surface area contributed by atoms with E-state index in [1.165, 1.54) is 0 Å². The van der Waals surface area contributed by atoms with Crippen molar-refractivity contribution in [2.75, 3.05) is 10.2 Å². The standard InChI is InChI=1S/C28H20N2O4/c31-26(20-10-16-23(17-11-20)34-18-19-6-2-1-3-7-19)29-21-12-14-22(15-13-21)30-27(32)24-8-4-5-9-25(24)28(30)33/h1-17H,18H2,(H,29,31). The van der Waals surface area contributed by atoms with E-state index in [0.717, 1.165) is 10.5 Å². The number of hydrogen-bond donors (Lipinski definition) is 1. The quantitative estimate of drug-likeness (QED) is 0.405. The number of nitrogens with one attached hydrogen (secondary N) is 1. The lowest BCUT2D eigenvalue weighted by Crippen LogP contribution is -2.29. The topological polar surface area (TPSA) is 75.7 Å². The summed E-state index contributed by atoms with van der Waals surface area (Å²) in [5, 5.41) is 2.82. The Morgan fingerprint density at radius 1 is 0.706 bits per heavy atom. The molecule has 0 aliphatic carbocycles. The molecule has 0 spiro atoms. The summed E-state index contributed by atoms with van der Waals surface area (Å²) in [6, 6.07) is 30.1. The number of carbonyl (C=O) groups excluding carboxylic acids is 3. The maximum atomic E-state index is 12.6. The molecule has 0 saturated carbocycles. The van der Waals surface area contributed by atoms with Crippen molar-refractivity contribution < 1.29 is 19.1 Å². The molecule has 4 aromatic carbocycles. The van der Waals surface area contributed by atoms with Gasteiger partial charge in [-0.2, -0.15) is 0 Å². The fourth-order valence-electron chi connectivity index (χ4n) is 3.76. The van der Waals surface area contributed by atoms with Crippen LogP contribution in [0.3, 0.4) is 0 Å². The third-order valence-electron chi connectivity index (χ3n) is 5.54.